The Kier molecular flexibility index (Phi) is 3.83. The van der Waals surface area contributed by atoms with Gasteiger partial charge in [0.25, 0.3) is 0 Å². The lowest BCUT2D eigenvalue weighted by molar-refractivity contribution is -0.0994. The molecular weight excluding hydrogens is 250 g/mol. The van der Waals surface area contributed by atoms with Crippen molar-refractivity contribution >= 4 is 0 Å². The molecule has 20 heavy (non-hydrogen) atoms. The minimum atomic E-state index is -0.227. The second-order valence-electron chi connectivity index (χ2n) is 4.92. The van der Waals surface area contributed by atoms with Crippen molar-refractivity contribution in [2.24, 2.45) is 0 Å². The Morgan fingerprint density at radius 1 is 0.900 bits per heavy atom. The topological polar surface area (TPSA) is 30.5 Å². The Labute approximate surface area is 119 Å². The maximum absolute atomic E-state index is 5.25. The SMILES string of the molecule is COC(CNC1c2ccccc2-c2ccccc21)OC. The van der Waals surface area contributed by atoms with E-state index in [1.807, 2.05) is 0 Å². The lowest BCUT2D eigenvalue weighted by Crippen LogP contribution is -2.32. The molecule has 0 saturated heterocycles. The van der Waals surface area contributed by atoms with E-state index >= 15 is 0 Å². The number of hydrogen-bond acceptors (Lipinski definition) is 3. The highest BCUT2D eigenvalue weighted by atomic mass is 16.7. The van der Waals surface area contributed by atoms with Crippen LogP contribution < -0.4 is 5.32 Å². The van der Waals surface area contributed by atoms with Gasteiger partial charge in [0, 0.05) is 20.8 Å². The van der Waals surface area contributed by atoms with Crippen molar-refractivity contribution in [3.05, 3.63) is 59.7 Å². The van der Waals surface area contributed by atoms with Gasteiger partial charge in [-0.25, -0.2) is 0 Å². The van der Waals surface area contributed by atoms with E-state index in [1.165, 1.54) is 22.3 Å². The normalized spacial score (nSPS) is 13.6. The molecule has 2 aromatic carbocycles. The van der Waals surface area contributed by atoms with Crippen LogP contribution in [0.4, 0.5) is 0 Å². The van der Waals surface area contributed by atoms with Crippen LogP contribution in [0.25, 0.3) is 11.1 Å². The number of fused-ring (bicyclic) bond motifs is 3. The van der Waals surface area contributed by atoms with Gasteiger partial charge in [0.15, 0.2) is 6.29 Å². The molecular formula is C17H19NO2. The van der Waals surface area contributed by atoms with Crippen molar-refractivity contribution < 1.29 is 9.47 Å². The van der Waals surface area contributed by atoms with E-state index in [2.05, 4.69) is 53.8 Å². The predicted molar refractivity (Wildman–Crippen MR) is 79.5 cm³/mol. The second-order valence-corrected chi connectivity index (χ2v) is 4.92. The van der Waals surface area contributed by atoms with Crippen LogP contribution in [0.3, 0.4) is 0 Å². The van der Waals surface area contributed by atoms with Crippen LogP contribution in [0.15, 0.2) is 48.5 Å². The molecule has 0 saturated carbocycles. The molecule has 1 aliphatic carbocycles. The van der Waals surface area contributed by atoms with E-state index in [0.717, 1.165) is 0 Å². The Bertz CT molecular complexity index is 548. The van der Waals surface area contributed by atoms with E-state index in [1.54, 1.807) is 14.2 Å². The first kappa shape index (κ1) is 13.3. The smallest absolute Gasteiger partial charge is 0.169 e. The predicted octanol–water partition coefficient (Wildman–Crippen LogP) is 2.96. The maximum atomic E-state index is 5.25. The molecule has 0 aliphatic heterocycles. The highest BCUT2D eigenvalue weighted by Gasteiger charge is 2.27. The summed E-state index contributed by atoms with van der Waals surface area (Å²) < 4.78 is 10.5. The first-order chi connectivity index (χ1) is 9.85. The van der Waals surface area contributed by atoms with Crippen LogP contribution in [0.1, 0.15) is 17.2 Å². The third kappa shape index (κ3) is 2.24. The van der Waals surface area contributed by atoms with Gasteiger partial charge in [0.05, 0.1) is 6.04 Å². The van der Waals surface area contributed by atoms with Gasteiger partial charge >= 0.3 is 0 Å². The zero-order valence-corrected chi connectivity index (χ0v) is 11.8. The Balaban J connectivity index is 1.91. The average Bonchev–Trinajstić information content (AvgIpc) is 2.83. The zero-order valence-electron chi connectivity index (χ0n) is 11.8. The quantitative estimate of drug-likeness (QED) is 0.847. The molecule has 0 heterocycles. The summed E-state index contributed by atoms with van der Waals surface area (Å²) >= 11 is 0. The highest BCUT2D eigenvalue weighted by Crippen LogP contribution is 2.42. The fourth-order valence-electron chi connectivity index (χ4n) is 2.85. The molecule has 2 aromatic rings. The molecule has 3 rings (SSSR count). The van der Waals surface area contributed by atoms with E-state index in [-0.39, 0.29) is 12.3 Å². The molecule has 0 unspecified atom stereocenters. The lowest BCUT2D eigenvalue weighted by atomic mass is 10.1. The summed E-state index contributed by atoms with van der Waals surface area (Å²) in [5.41, 5.74) is 5.26. The fraction of sp³-hybridized carbons (Fsp3) is 0.294. The van der Waals surface area contributed by atoms with E-state index in [0.29, 0.717) is 6.54 Å². The van der Waals surface area contributed by atoms with Crippen molar-refractivity contribution in [1.29, 1.82) is 0 Å². The van der Waals surface area contributed by atoms with E-state index in [9.17, 15) is 0 Å². The molecule has 1 aliphatic rings. The van der Waals surface area contributed by atoms with Gasteiger partial charge in [-0.2, -0.15) is 0 Å². The minimum absolute atomic E-state index is 0.204. The Hall–Kier alpha value is -1.68. The van der Waals surface area contributed by atoms with Crippen LogP contribution in [0.5, 0.6) is 0 Å². The van der Waals surface area contributed by atoms with Gasteiger partial charge in [0.2, 0.25) is 0 Å². The largest absolute Gasteiger partial charge is 0.355 e. The Morgan fingerprint density at radius 2 is 1.40 bits per heavy atom. The summed E-state index contributed by atoms with van der Waals surface area (Å²) in [5, 5.41) is 3.55. The number of benzene rings is 2. The monoisotopic (exact) mass is 269 g/mol. The lowest BCUT2D eigenvalue weighted by Gasteiger charge is -2.20. The molecule has 104 valence electrons. The molecule has 0 aromatic heterocycles. The van der Waals surface area contributed by atoms with Crippen molar-refractivity contribution in [1.82, 2.24) is 5.32 Å². The molecule has 0 amide bonds. The van der Waals surface area contributed by atoms with Gasteiger partial charge in [-0.3, -0.25) is 0 Å². The first-order valence-electron chi connectivity index (χ1n) is 6.82. The van der Waals surface area contributed by atoms with Crippen LogP contribution >= 0.6 is 0 Å². The van der Waals surface area contributed by atoms with Crippen LogP contribution in [-0.4, -0.2) is 27.1 Å². The number of methoxy groups -OCH3 is 2. The second kappa shape index (κ2) is 5.75. The third-order valence-electron chi connectivity index (χ3n) is 3.85. The molecule has 0 atom stereocenters. The van der Waals surface area contributed by atoms with Gasteiger partial charge < -0.3 is 14.8 Å². The zero-order chi connectivity index (χ0) is 13.9. The molecule has 0 spiro atoms. The fourth-order valence-corrected chi connectivity index (χ4v) is 2.85. The Morgan fingerprint density at radius 3 is 1.90 bits per heavy atom. The highest BCUT2D eigenvalue weighted by molar-refractivity contribution is 5.78. The van der Waals surface area contributed by atoms with Crippen LogP contribution in [0.2, 0.25) is 0 Å². The number of ether oxygens (including phenoxy) is 2. The minimum Gasteiger partial charge on any atom is -0.355 e. The summed E-state index contributed by atoms with van der Waals surface area (Å²) in [5.74, 6) is 0. The third-order valence-corrected chi connectivity index (χ3v) is 3.85. The van der Waals surface area contributed by atoms with Crippen LogP contribution in [-0.2, 0) is 9.47 Å². The van der Waals surface area contributed by atoms with Crippen LogP contribution in [0, 0.1) is 0 Å². The van der Waals surface area contributed by atoms with Crippen molar-refractivity contribution in [3.63, 3.8) is 0 Å². The first-order valence-corrected chi connectivity index (χ1v) is 6.82. The summed E-state index contributed by atoms with van der Waals surface area (Å²) in [4.78, 5) is 0. The average molecular weight is 269 g/mol. The standard InChI is InChI=1S/C17H19NO2/c1-19-16(20-2)11-18-17-14-9-5-3-7-12(14)13-8-4-6-10-15(13)17/h3-10,16-18H,11H2,1-2H3. The van der Waals surface area contributed by atoms with Gasteiger partial charge in [-0.05, 0) is 22.3 Å². The van der Waals surface area contributed by atoms with Crippen molar-refractivity contribution in [3.8, 4) is 11.1 Å². The van der Waals surface area contributed by atoms with Gasteiger partial charge in [-0.1, -0.05) is 48.5 Å². The molecule has 0 fully saturated rings. The van der Waals surface area contributed by atoms with Crippen molar-refractivity contribution in [2.75, 3.05) is 20.8 Å². The van der Waals surface area contributed by atoms with E-state index < -0.39 is 0 Å². The van der Waals surface area contributed by atoms with Gasteiger partial charge in [0.1, 0.15) is 0 Å². The summed E-state index contributed by atoms with van der Waals surface area (Å²) in [7, 11) is 3.32. The molecule has 1 N–H and O–H groups in total. The van der Waals surface area contributed by atoms with Gasteiger partial charge in [-0.15, -0.1) is 0 Å². The van der Waals surface area contributed by atoms with E-state index in [4.69, 9.17) is 9.47 Å². The molecule has 0 bridgehead atoms. The number of nitrogens with one attached hydrogen (secondary N) is 1. The number of hydrogen-bond donors (Lipinski definition) is 1. The number of rotatable bonds is 5. The summed E-state index contributed by atoms with van der Waals surface area (Å²) in [6.45, 7) is 0.653. The molecule has 3 heteroatoms. The summed E-state index contributed by atoms with van der Waals surface area (Å²) in [6.07, 6.45) is -0.227. The maximum Gasteiger partial charge on any atom is 0.169 e. The van der Waals surface area contributed by atoms with Crippen molar-refractivity contribution in [2.45, 2.75) is 12.3 Å². The summed E-state index contributed by atoms with van der Waals surface area (Å²) in [6, 6.07) is 17.3. The molecule has 3 nitrogen and oxygen atoms in total. The molecule has 0 radical (unpaired) electrons.